The summed E-state index contributed by atoms with van der Waals surface area (Å²) < 4.78 is 5.33. The van der Waals surface area contributed by atoms with Crippen LogP contribution >= 0.6 is 0 Å². The van der Waals surface area contributed by atoms with Gasteiger partial charge in [-0.3, -0.25) is 9.59 Å². The second-order valence-corrected chi connectivity index (χ2v) is 4.81. The zero-order valence-corrected chi connectivity index (χ0v) is 12.2. The molecule has 0 bridgehead atoms. The van der Waals surface area contributed by atoms with Crippen LogP contribution in [0.4, 0.5) is 0 Å². The molecule has 0 spiro atoms. The van der Waals surface area contributed by atoms with Gasteiger partial charge in [0.25, 0.3) is 5.91 Å². The Bertz CT molecular complexity index is 637. The van der Waals surface area contributed by atoms with Crippen LogP contribution in [0.1, 0.15) is 6.92 Å². The van der Waals surface area contributed by atoms with Crippen molar-refractivity contribution in [3.8, 4) is 16.9 Å². The minimum atomic E-state index is -1.08. The fraction of sp³-hybridized carbons (Fsp3) is 0.176. The topological polar surface area (TPSA) is 75.6 Å². The molecule has 5 heteroatoms. The molecule has 114 valence electrons. The van der Waals surface area contributed by atoms with Gasteiger partial charge in [0.2, 0.25) is 0 Å². The molecular formula is C17H17NO4. The van der Waals surface area contributed by atoms with Crippen LogP contribution in [0.15, 0.2) is 54.6 Å². The van der Waals surface area contributed by atoms with Crippen molar-refractivity contribution in [2.24, 2.45) is 0 Å². The van der Waals surface area contributed by atoms with E-state index in [4.69, 9.17) is 9.84 Å². The van der Waals surface area contributed by atoms with Crippen LogP contribution in [0.2, 0.25) is 0 Å². The first-order chi connectivity index (χ1) is 10.6. The van der Waals surface area contributed by atoms with Crippen molar-refractivity contribution in [1.82, 2.24) is 5.32 Å². The predicted molar refractivity (Wildman–Crippen MR) is 82.6 cm³/mol. The molecule has 0 radical (unpaired) electrons. The first-order valence-electron chi connectivity index (χ1n) is 6.86. The summed E-state index contributed by atoms with van der Waals surface area (Å²) in [6, 6.07) is 16.3. The van der Waals surface area contributed by atoms with Crippen LogP contribution in [-0.4, -0.2) is 29.6 Å². The quantitative estimate of drug-likeness (QED) is 0.858. The molecule has 0 fully saturated rings. The summed E-state index contributed by atoms with van der Waals surface area (Å²) in [4.78, 5) is 22.1. The normalized spacial score (nSPS) is 11.5. The number of aliphatic carboxylic acids is 1. The number of nitrogens with one attached hydrogen (secondary N) is 1. The van der Waals surface area contributed by atoms with Crippen molar-refractivity contribution >= 4 is 11.9 Å². The molecule has 2 rings (SSSR count). The Kier molecular flexibility index (Phi) is 5.14. The highest BCUT2D eigenvalue weighted by Crippen LogP contribution is 2.21. The molecule has 2 aromatic rings. The lowest BCUT2D eigenvalue weighted by Crippen LogP contribution is -2.40. The Hall–Kier alpha value is -2.82. The molecule has 1 atom stereocenters. The molecule has 0 aromatic heterocycles. The Morgan fingerprint density at radius 1 is 1.05 bits per heavy atom. The molecule has 0 unspecified atom stereocenters. The Balaban J connectivity index is 1.89. The number of amides is 1. The van der Waals surface area contributed by atoms with Gasteiger partial charge in [0.1, 0.15) is 11.8 Å². The van der Waals surface area contributed by atoms with Crippen LogP contribution in [0.3, 0.4) is 0 Å². The van der Waals surface area contributed by atoms with Crippen LogP contribution < -0.4 is 10.1 Å². The zero-order chi connectivity index (χ0) is 15.9. The minimum absolute atomic E-state index is 0.220. The maximum Gasteiger partial charge on any atom is 0.325 e. The molecule has 0 saturated heterocycles. The van der Waals surface area contributed by atoms with Gasteiger partial charge in [0, 0.05) is 0 Å². The maximum absolute atomic E-state index is 11.5. The first-order valence-corrected chi connectivity index (χ1v) is 6.86. The maximum atomic E-state index is 11.5. The molecule has 0 aliphatic heterocycles. The number of hydrogen-bond donors (Lipinski definition) is 2. The Morgan fingerprint density at radius 2 is 1.64 bits per heavy atom. The summed E-state index contributed by atoms with van der Waals surface area (Å²) in [5.74, 6) is -1.000. The van der Waals surface area contributed by atoms with Crippen molar-refractivity contribution in [3.05, 3.63) is 54.6 Å². The molecule has 1 amide bonds. The van der Waals surface area contributed by atoms with E-state index in [1.165, 1.54) is 6.92 Å². The third-order valence-electron chi connectivity index (χ3n) is 3.08. The van der Waals surface area contributed by atoms with Crippen molar-refractivity contribution < 1.29 is 19.4 Å². The van der Waals surface area contributed by atoms with Gasteiger partial charge in [-0.15, -0.1) is 0 Å². The van der Waals surface area contributed by atoms with Crippen LogP contribution in [0, 0.1) is 0 Å². The second kappa shape index (κ2) is 7.26. The average molecular weight is 299 g/mol. The second-order valence-electron chi connectivity index (χ2n) is 4.81. The van der Waals surface area contributed by atoms with Gasteiger partial charge in [0.05, 0.1) is 0 Å². The van der Waals surface area contributed by atoms with Crippen molar-refractivity contribution in [1.29, 1.82) is 0 Å². The van der Waals surface area contributed by atoms with E-state index >= 15 is 0 Å². The molecule has 0 heterocycles. The van der Waals surface area contributed by atoms with Gasteiger partial charge < -0.3 is 15.2 Å². The molecule has 2 aromatic carbocycles. The lowest BCUT2D eigenvalue weighted by molar-refractivity contribution is -0.141. The lowest BCUT2D eigenvalue weighted by Gasteiger charge is -2.10. The summed E-state index contributed by atoms with van der Waals surface area (Å²) in [5.41, 5.74) is 2.15. The number of benzene rings is 2. The smallest absolute Gasteiger partial charge is 0.325 e. The molecule has 22 heavy (non-hydrogen) atoms. The van der Waals surface area contributed by atoms with Gasteiger partial charge in [-0.2, -0.15) is 0 Å². The standard InChI is InChI=1S/C17H17NO4/c1-12(17(20)21)18-16(19)11-22-15-9-7-14(8-10-15)13-5-3-2-4-6-13/h2-10,12H,11H2,1H3,(H,18,19)(H,20,21)/t12-/m0/s1. The van der Waals surface area contributed by atoms with E-state index < -0.39 is 17.9 Å². The highest BCUT2D eigenvalue weighted by atomic mass is 16.5. The van der Waals surface area contributed by atoms with Crippen LogP contribution in [-0.2, 0) is 9.59 Å². The molecule has 0 aliphatic rings. The SMILES string of the molecule is C[C@H](NC(=O)COc1ccc(-c2ccccc2)cc1)C(=O)O. The lowest BCUT2D eigenvalue weighted by atomic mass is 10.1. The highest BCUT2D eigenvalue weighted by molar-refractivity contribution is 5.84. The third-order valence-corrected chi connectivity index (χ3v) is 3.08. The van der Waals surface area contributed by atoms with Crippen molar-refractivity contribution in [2.75, 3.05) is 6.61 Å². The van der Waals surface area contributed by atoms with Crippen LogP contribution in [0.5, 0.6) is 5.75 Å². The van der Waals surface area contributed by atoms with Gasteiger partial charge in [-0.25, -0.2) is 0 Å². The molecular weight excluding hydrogens is 282 g/mol. The third kappa shape index (κ3) is 4.34. The summed E-state index contributed by atoms with van der Waals surface area (Å²) in [6.07, 6.45) is 0. The summed E-state index contributed by atoms with van der Waals surface area (Å²) in [7, 11) is 0. The minimum Gasteiger partial charge on any atom is -0.484 e. The summed E-state index contributed by atoms with van der Waals surface area (Å²) in [5, 5.41) is 11.0. The van der Waals surface area contributed by atoms with E-state index in [-0.39, 0.29) is 6.61 Å². The number of rotatable bonds is 6. The molecule has 5 nitrogen and oxygen atoms in total. The number of carboxylic acids is 1. The van der Waals surface area contributed by atoms with Crippen molar-refractivity contribution in [2.45, 2.75) is 13.0 Å². The van der Waals surface area contributed by atoms with Gasteiger partial charge in [-0.1, -0.05) is 42.5 Å². The van der Waals surface area contributed by atoms with E-state index in [0.29, 0.717) is 5.75 Å². The Morgan fingerprint density at radius 3 is 2.23 bits per heavy atom. The van der Waals surface area contributed by atoms with Crippen LogP contribution in [0.25, 0.3) is 11.1 Å². The Labute approximate surface area is 128 Å². The number of carbonyl (C=O) groups excluding carboxylic acids is 1. The summed E-state index contributed by atoms with van der Waals surface area (Å²) in [6.45, 7) is 1.18. The van der Waals surface area contributed by atoms with E-state index in [9.17, 15) is 9.59 Å². The van der Waals surface area contributed by atoms with Gasteiger partial charge >= 0.3 is 5.97 Å². The fourth-order valence-electron chi connectivity index (χ4n) is 1.87. The zero-order valence-electron chi connectivity index (χ0n) is 12.2. The monoisotopic (exact) mass is 299 g/mol. The van der Waals surface area contributed by atoms with E-state index in [1.807, 2.05) is 42.5 Å². The summed E-state index contributed by atoms with van der Waals surface area (Å²) >= 11 is 0. The largest absolute Gasteiger partial charge is 0.484 e. The predicted octanol–water partition coefficient (Wildman–Crippen LogP) is 2.32. The first kappa shape index (κ1) is 15.6. The number of carbonyl (C=O) groups is 2. The number of hydrogen-bond acceptors (Lipinski definition) is 3. The molecule has 0 saturated carbocycles. The molecule has 0 aliphatic carbocycles. The number of ether oxygens (including phenoxy) is 1. The number of carboxylic acid groups (broad SMARTS) is 1. The van der Waals surface area contributed by atoms with E-state index in [0.717, 1.165) is 11.1 Å². The fourth-order valence-corrected chi connectivity index (χ4v) is 1.87. The van der Waals surface area contributed by atoms with E-state index in [1.54, 1.807) is 12.1 Å². The molecule has 2 N–H and O–H groups in total. The van der Waals surface area contributed by atoms with Gasteiger partial charge in [-0.05, 0) is 30.2 Å². The highest BCUT2D eigenvalue weighted by Gasteiger charge is 2.14. The van der Waals surface area contributed by atoms with E-state index in [2.05, 4.69) is 5.32 Å². The van der Waals surface area contributed by atoms with Gasteiger partial charge in [0.15, 0.2) is 6.61 Å². The average Bonchev–Trinajstić information content (AvgIpc) is 2.54. The van der Waals surface area contributed by atoms with Crippen molar-refractivity contribution in [3.63, 3.8) is 0 Å².